The molecule has 5 nitrogen and oxygen atoms in total. The minimum absolute atomic E-state index is 0.000159. The van der Waals surface area contributed by atoms with Crippen LogP contribution in [0.25, 0.3) is 0 Å². The summed E-state index contributed by atoms with van der Waals surface area (Å²) in [6, 6.07) is -0.000159. The normalized spacial score (nSPS) is 26.9. The summed E-state index contributed by atoms with van der Waals surface area (Å²) in [6.07, 6.45) is 0.824. The monoisotopic (exact) mass is 229 g/mol. The molecule has 1 aliphatic carbocycles. The third-order valence-electron chi connectivity index (χ3n) is 3.35. The number of carboxylic acids is 1. The van der Waals surface area contributed by atoms with E-state index in [4.69, 9.17) is 5.11 Å². The lowest BCUT2D eigenvalue weighted by atomic mass is 9.64. The first kappa shape index (κ1) is 13.0. The van der Waals surface area contributed by atoms with Gasteiger partial charge in [0.05, 0.1) is 6.10 Å². The summed E-state index contributed by atoms with van der Waals surface area (Å²) in [7, 11) is 0. The molecule has 0 aromatic heterocycles. The molecule has 1 amide bonds. The molecule has 92 valence electrons. The van der Waals surface area contributed by atoms with Crippen LogP contribution in [0.5, 0.6) is 0 Å². The second-order valence-electron chi connectivity index (χ2n) is 4.94. The molecule has 1 saturated carbocycles. The summed E-state index contributed by atoms with van der Waals surface area (Å²) >= 11 is 0. The Morgan fingerprint density at radius 2 is 2.00 bits per heavy atom. The summed E-state index contributed by atoms with van der Waals surface area (Å²) in [5.41, 5.74) is -0.275. The van der Waals surface area contributed by atoms with E-state index in [9.17, 15) is 14.7 Å². The molecule has 0 aromatic carbocycles. The molecule has 1 aliphatic rings. The number of hydrogen-bond acceptors (Lipinski definition) is 3. The van der Waals surface area contributed by atoms with Gasteiger partial charge in [-0.2, -0.15) is 0 Å². The van der Waals surface area contributed by atoms with Crippen LogP contribution < -0.4 is 5.32 Å². The highest BCUT2D eigenvalue weighted by Crippen LogP contribution is 2.40. The zero-order valence-corrected chi connectivity index (χ0v) is 9.69. The van der Waals surface area contributed by atoms with Gasteiger partial charge in [0.1, 0.15) is 0 Å². The Labute approximate surface area is 94.8 Å². The number of nitrogens with one attached hydrogen (secondary N) is 1. The zero-order chi connectivity index (χ0) is 12.3. The van der Waals surface area contributed by atoms with Crippen molar-refractivity contribution in [2.24, 2.45) is 5.41 Å². The van der Waals surface area contributed by atoms with Gasteiger partial charge in [-0.3, -0.25) is 9.59 Å². The van der Waals surface area contributed by atoms with Crippen molar-refractivity contribution in [3.8, 4) is 0 Å². The maximum atomic E-state index is 11.4. The quantitative estimate of drug-likeness (QED) is 0.641. The molecule has 16 heavy (non-hydrogen) atoms. The van der Waals surface area contributed by atoms with Gasteiger partial charge < -0.3 is 15.5 Å². The number of aliphatic hydroxyl groups excluding tert-OH is 1. The third-order valence-corrected chi connectivity index (χ3v) is 3.35. The van der Waals surface area contributed by atoms with Crippen molar-refractivity contribution >= 4 is 11.9 Å². The van der Waals surface area contributed by atoms with Crippen LogP contribution in [0.2, 0.25) is 0 Å². The number of carboxylic acid groups (broad SMARTS) is 1. The Morgan fingerprint density at radius 3 is 2.44 bits per heavy atom. The summed E-state index contributed by atoms with van der Waals surface area (Å²) in [6.45, 7) is 3.81. The Hall–Kier alpha value is -1.10. The van der Waals surface area contributed by atoms with Gasteiger partial charge in [0.2, 0.25) is 5.91 Å². The van der Waals surface area contributed by atoms with E-state index in [1.165, 1.54) is 0 Å². The molecule has 2 unspecified atom stereocenters. The first-order valence-electron chi connectivity index (χ1n) is 5.53. The summed E-state index contributed by atoms with van der Waals surface area (Å²) in [5.74, 6) is -1.02. The van der Waals surface area contributed by atoms with E-state index in [1.54, 1.807) is 0 Å². The van der Waals surface area contributed by atoms with Gasteiger partial charge >= 0.3 is 5.97 Å². The van der Waals surface area contributed by atoms with Gasteiger partial charge in [0, 0.05) is 24.3 Å². The largest absolute Gasteiger partial charge is 0.481 e. The topological polar surface area (TPSA) is 86.6 Å². The molecule has 1 fully saturated rings. The van der Waals surface area contributed by atoms with E-state index < -0.39 is 5.97 Å². The van der Waals surface area contributed by atoms with Crippen LogP contribution in [0.3, 0.4) is 0 Å². The van der Waals surface area contributed by atoms with Crippen molar-refractivity contribution in [1.82, 2.24) is 5.32 Å². The van der Waals surface area contributed by atoms with Crippen molar-refractivity contribution in [3.05, 3.63) is 0 Å². The van der Waals surface area contributed by atoms with E-state index in [-0.39, 0.29) is 36.3 Å². The molecule has 1 rings (SSSR count). The maximum Gasteiger partial charge on any atom is 0.303 e. The Bertz CT molecular complexity index is 288. The van der Waals surface area contributed by atoms with Crippen molar-refractivity contribution in [2.75, 3.05) is 0 Å². The smallest absolute Gasteiger partial charge is 0.303 e. The summed E-state index contributed by atoms with van der Waals surface area (Å²) in [5, 5.41) is 20.7. The minimum Gasteiger partial charge on any atom is -0.481 e. The average molecular weight is 229 g/mol. The molecular formula is C11H19NO4. The van der Waals surface area contributed by atoms with Gasteiger partial charge in [-0.1, -0.05) is 13.8 Å². The highest BCUT2D eigenvalue weighted by Gasteiger charge is 2.47. The highest BCUT2D eigenvalue weighted by molar-refractivity contribution is 5.77. The number of amides is 1. The van der Waals surface area contributed by atoms with E-state index in [1.807, 2.05) is 13.8 Å². The predicted octanol–water partition coefficient (Wildman–Crippen LogP) is 0.517. The molecule has 0 bridgehead atoms. The van der Waals surface area contributed by atoms with Crippen LogP contribution in [0.1, 0.15) is 39.5 Å². The number of aliphatic hydroxyl groups is 1. The van der Waals surface area contributed by atoms with Crippen LogP contribution >= 0.6 is 0 Å². The van der Waals surface area contributed by atoms with E-state index in [2.05, 4.69) is 5.32 Å². The molecule has 2 atom stereocenters. The van der Waals surface area contributed by atoms with Gasteiger partial charge in [-0.25, -0.2) is 0 Å². The first-order valence-corrected chi connectivity index (χ1v) is 5.53. The van der Waals surface area contributed by atoms with Crippen LogP contribution in [-0.2, 0) is 9.59 Å². The summed E-state index contributed by atoms with van der Waals surface area (Å²) < 4.78 is 0. The van der Waals surface area contributed by atoms with E-state index >= 15 is 0 Å². The molecule has 0 radical (unpaired) electrons. The van der Waals surface area contributed by atoms with Crippen molar-refractivity contribution in [1.29, 1.82) is 0 Å². The molecule has 0 aliphatic heterocycles. The standard InChI is InChI=1S/C11H19NO4/c1-11(2)7(6-8(11)13)12-9(14)4-3-5-10(15)16/h7-8,13H,3-6H2,1-2H3,(H,12,14)(H,15,16). The molecule has 3 N–H and O–H groups in total. The Morgan fingerprint density at radius 1 is 1.38 bits per heavy atom. The number of rotatable bonds is 5. The molecule has 0 spiro atoms. The van der Waals surface area contributed by atoms with Crippen LogP contribution in [0.4, 0.5) is 0 Å². The lowest BCUT2D eigenvalue weighted by molar-refractivity contribution is -0.137. The fraction of sp³-hybridized carbons (Fsp3) is 0.818. The fourth-order valence-electron chi connectivity index (χ4n) is 1.81. The van der Waals surface area contributed by atoms with Crippen LogP contribution in [0, 0.1) is 5.41 Å². The van der Waals surface area contributed by atoms with Gasteiger partial charge in [-0.15, -0.1) is 0 Å². The molecule has 5 heteroatoms. The van der Waals surface area contributed by atoms with Crippen molar-refractivity contribution in [3.63, 3.8) is 0 Å². The maximum absolute atomic E-state index is 11.4. The third kappa shape index (κ3) is 2.95. The SMILES string of the molecule is CC1(C)C(O)CC1NC(=O)CCCC(=O)O. The predicted molar refractivity (Wildman–Crippen MR) is 57.8 cm³/mol. The highest BCUT2D eigenvalue weighted by atomic mass is 16.4. The van der Waals surface area contributed by atoms with Crippen molar-refractivity contribution < 1.29 is 19.8 Å². The molecular weight excluding hydrogens is 210 g/mol. The first-order chi connectivity index (χ1) is 7.34. The number of carbonyl (C=O) groups excluding carboxylic acids is 1. The van der Waals surface area contributed by atoms with Crippen LogP contribution in [-0.4, -0.2) is 34.2 Å². The second kappa shape index (κ2) is 4.82. The molecule has 0 aromatic rings. The van der Waals surface area contributed by atoms with Crippen LogP contribution in [0.15, 0.2) is 0 Å². The fourth-order valence-corrected chi connectivity index (χ4v) is 1.81. The lowest BCUT2D eigenvalue weighted by Crippen LogP contribution is -2.61. The average Bonchev–Trinajstić information content (AvgIpc) is 2.16. The van der Waals surface area contributed by atoms with Gasteiger partial charge in [0.15, 0.2) is 0 Å². The number of hydrogen-bond donors (Lipinski definition) is 3. The lowest BCUT2D eigenvalue weighted by Gasteiger charge is -2.49. The number of carbonyl (C=O) groups is 2. The van der Waals surface area contributed by atoms with E-state index in [0.717, 1.165) is 0 Å². The van der Waals surface area contributed by atoms with E-state index in [0.29, 0.717) is 12.8 Å². The van der Waals surface area contributed by atoms with Crippen molar-refractivity contribution in [2.45, 2.75) is 51.7 Å². The molecule has 0 heterocycles. The number of aliphatic carboxylic acids is 1. The van der Waals surface area contributed by atoms with Gasteiger partial charge in [0.25, 0.3) is 0 Å². The Kier molecular flexibility index (Phi) is 3.91. The second-order valence-corrected chi connectivity index (χ2v) is 4.94. The van der Waals surface area contributed by atoms with Gasteiger partial charge in [-0.05, 0) is 12.8 Å². The Balaban J connectivity index is 2.23. The zero-order valence-electron chi connectivity index (χ0n) is 9.69. The minimum atomic E-state index is -0.882. The molecule has 0 saturated heterocycles. The summed E-state index contributed by atoms with van der Waals surface area (Å²) in [4.78, 5) is 21.7.